The fourth-order valence-corrected chi connectivity index (χ4v) is 2.17. The number of benzene rings is 1. The predicted molar refractivity (Wildman–Crippen MR) is 60.7 cm³/mol. The third-order valence-corrected chi connectivity index (χ3v) is 3.87. The Balaban J connectivity index is 2.10. The minimum absolute atomic E-state index is 0.372. The summed E-state index contributed by atoms with van der Waals surface area (Å²) in [6, 6.07) is 7.49. The van der Waals surface area contributed by atoms with E-state index in [0.717, 1.165) is 11.6 Å². The molecule has 0 amide bonds. The summed E-state index contributed by atoms with van der Waals surface area (Å²) in [5.74, 6) is 0.736. The molecule has 0 bridgehead atoms. The topological polar surface area (TPSA) is 46.2 Å². The summed E-state index contributed by atoms with van der Waals surface area (Å²) in [4.78, 5) is 0.372. The molecule has 1 aliphatic rings. The van der Waals surface area contributed by atoms with Crippen LogP contribution in [0.1, 0.15) is 13.3 Å². The lowest BCUT2D eigenvalue weighted by Crippen LogP contribution is -2.03. The maximum Gasteiger partial charge on any atom is 0.175 e. The molecule has 1 saturated carbocycles. The second-order valence-corrected chi connectivity index (χ2v) is 6.28. The number of hydrogen-bond donors (Lipinski definition) is 1. The minimum atomic E-state index is -3.07. The van der Waals surface area contributed by atoms with Crippen LogP contribution in [0.15, 0.2) is 29.2 Å². The summed E-state index contributed by atoms with van der Waals surface area (Å²) in [7, 11) is -3.07. The van der Waals surface area contributed by atoms with Crippen LogP contribution in [0.4, 0.5) is 5.69 Å². The van der Waals surface area contributed by atoms with E-state index in [1.807, 2.05) is 12.1 Å². The Labute approximate surface area is 90.4 Å². The van der Waals surface area contributed by atoms with E-state index < -0.39 is 9.84 Å². The van der Waals surface area contributed by atoms with Crippen molar-refractivity contribution in [3.8, 4) is 0 Å². The van der Waals surface area contributed by atoms with Gasteiger partial charge in [-0.1, -0.05) is 6.92 Å². The van der Waals surface area contributed by atoms with Gasteiger partial charge in [0.2, 0.25) is 0 Å². The van der Waals surface area contributed by atoms with Gasteiger partial charge >= 0.3 is 0 Å². The molecule has 3 nitrogen and oxygen atoms in total. The first kappa shape index (κ1) is 10.5. The van der Waals surface area contributed by atoms with Crippen molar-refractivity contribution in [3.05, 3.63) is 24.3 Å². The summed E-state index contributed by atoms with van der Waals surface area (Å²) >= 11 is 0. The zero-order valence-electron chi connectivity index (χ0n) is 8.90. The van der Waals surface area contributed by atoms with Gasteiger partial charge in [0.15, 0.2) is 9.84 Å². The molecule has 82 valence electrons. The SMILES string of the molecule is CC1CC1Nc1ccc(S(C)(=O)=O)cc1. The van der Waals surface area contributed by atoms with Crippen LogP contribution in [0, 0.1) is 5.92 Å². The van der Waals surface area contributed by atoms with Crippen molar-refractivity contribution < 1.29 is 8.42 Å². The molecule has 0 spiro atoms. The van der Waals surface area contributed by atoms with Crippen LogP contribution in [-0.2, 0) is 9.84 Å². The van der Waals surface area contributed by atoms with Gasteiger partial charge in [0.05, 0.1) is 4.90 Å². The highest BCUT2D eigenvalue weighted by Gasteiger charge is 2.32. The maximum atomic E-state index is 11.2. The van der Waals surface area contributed by atoms with Gasteiger partial charge < -0.3 is 5.32 Å². The zero-order valence-corrected chi connectivity index (χ0v) is 9.71. The van der Waals surface area contributed by atoms with E-state index in [-0.39, 0.29) is 0 Å². The molecule has 0 radical (unpaired) electrons. The van der Waals surface area contributed by atoms with Crippen LogP contribution in [0.3, 0.4) is 0 Å². The molecule has 2 rings (SSSR count). The normalized spacial score (nSPS) is 24.9. The quantitative estimate of drug-likeness (QED) is 0.854. The summed E-state index contributed by atoms with van der Waals surface area (Å²) in [6.45, 7) is 2.20. The smallest absolute Gasteiger partial charge is 0.175 e. The van der Waals surface area contributed by atoms with Crippen LogP contribution < -0.4 is 5.32 Å². The second-order valence-electron chi connectivity index (χ2n) is 4.26. The van der Waals surface area contributed by atoms with Crippen LogP contribution in [-0.4, -0.2) is 20.7 Å². The summed E-state index contributed by atoms with van der Waals surface area (Å²) in [5, 5.41) is 3.35. The molecular weight excluding hydrogens is 210 g/mol. The predicted octanol–water partition coefficient (Wildman–Crippen LogP) is 1.91. The molecule has 0 aromatic heterocycles. The van der Waals surface area contributed by atoms with Crippen molar-refractivity contribution in [2.24, 2.45) is 5.92 Å². The third kappa shape index (κ3) is 2.50. The average Bonchev–Trinajstić information content (AvgIpc) is 2.81. The lowest BCUT2D eigenvalue weighted by atomic mass is 10.3. The first-order valence-electron chi connectivity index (χ1n) is 5.03. The number of rotatable bonds is 3. The zero-order chi connectivity index (χ0) is 11.1. The van der Waals surface area contributed by atoms with E-state index in [1.54, 1.807) is 12.1 Å². The Morgan fingerprint density at radius 3 is 2.20 bits per heavy atom. The van der Waals surface area contributed by atoms with Gasteiger partial charge in [0.1, 0.15) is 0 Å². The first-order valence-corrected chi connectivity index (χ1v) is 6.92. The minimum Gasteiger partial charge on any atom is -0.382 e. The van der Waals surface area contributed by atoms with Crippen molar-refractivity contribution in [1.29, 1.82) is 0 Å². The highest BCUT2D eigenvalue weighted by Crippen LogP contribution is 2.32. The van der Waals surface area contributed by atoms with Gasteiger partial charge in [-0.3, -0.25) is 0 Å². The van der Waals surface area contributed by atoms with Crippen LogP contribution in [0.2, 0.25) is 0 Å². The molecular formula is C11H15NO2S. The Hall–Kier alpha value is -1.03. The lowest BCUT2D eigenvalue weighted by molar-refractivity contribution is 0.602. The van der Waals surface area contributed by atoms with Crippen LogP contribution in [0.5, 0.6) is 0 Å². The van der Waals surface area contributed by atoms with Gasteiger partial charge in [0, 0.05) is 18.0 Å². The summed E-state index contributed by atoms with van der Waals surface area (Å²) < 4.78 is 22.4. The van der Waals surface area contributed by atoms with Crippen molar-refractivity contribution in [3.63, 3.8) is 0 Å². The number of anilines is 1. The number of hydrogen-bond acceptors (Lipinski definition) is 3. The van der Waals surface area contributed by atoms with Crippen LogP contribution >= 0.6 is 0 Å². The van der Waals surface area contributed by atoms with E-state index in [1.165, 1.54) is 12.7 Å². The molecule has 0 aliphatic heterocycles. The average molecular weight is 225 g/mol. The Morgan fingerprint density at radius 1 is 1.27 bits per heavy atom. The monoisotopic (exact) mass is 225 g/mol. The van der Waals surface area contributed by atoms with E-state index in [9.17, 15) is 8.42 Å². The Kier molecular flexibility index (Phi) is 2.46. The second kappa shape index (κ2) is 3.52. The number of sulfone groups is 1. The molecule has 1 aromatic rings. The van der Waals surface area contributed by atoms with Gasteiger partial charge in [-0.2, -0.15) is 0 Å². The molecule has 15 heavy (non-hydrogen) atoms. The van der Waals surface area contributed by atoms with Crippen molar-refractivity contribution in [2.75, 3.05) is 11.6 Å². The first-order chi connectivity index (χ1) is 6.97. The third-order valence-electron chi connectivity index (χ3n) is 2.74. The fraction of sp³-hybridized carbons (Fsp3) is 0.455. The molecule has 4 heteroatoms. The largest absolute Gasteiger partial charge is 0.382 e. The molecule has 0 heterocycles. The lowest BCUT2D eigenvalue weighted by Gasteiger charge is -2.05. The molecule has 0 saturated heterocycles. The van der Waals surface area contributed by atoms with E-state index in [2.05, 4.69) is 12.2 Å². The molecule has 1 aromatic carbocycles. The summed E-state index contributed by atoms with van der Waals surface area (Å²) in [5.41, 5.74) is 0.997. The van der Waals surface area contributed by atoms with Gasteiger partial charge in [-0.15, -0.1) is 0 Å². The van der Waals surface area contributed by atoms with Gasteiger partial charge in [-0.05, 0) is 36.6 Å². The highest BCUT2D eigenvalue weighted by molar-refractivity contribution is 7.90. The van der Waals surface area contributed by atoms with E-state index >= 15 is 0 Å². The molecule has 1 N–H and O–H groups in total. The van der Waals surface area contributed by atoms with Crippen molar-refractivity contribution >= 4 is 15.5 Å². The molecule has 1 aliphatic carbocycles. The van der Waals surface area contributed by atoms with Gasteiger partial charge in [0.25, 0.3) is 0 Å². The molecule has 2 atom stereocenters. The molecule has 1 fully saturated rings. The Bertz CT molecular complexity index is 450. The highest BCUT2D eigenvalue weighted by atomic mass is 32.2. The van der Waals surface area contributed by atoms with E-state index in [0.29, 0.717) is 10.9 Å². The standard InChI is InChI=1S/C11H15NO2S/c1-8-7-11(8)12-9-3-5-10(6-4-9)15(2,13)14/h3-6,8,11-12H,7H2,1-2H3. The molecule has 2 unspecified atom stereocenters. The maximum absolute atomic E-state index is 11.2. The fourth-order valence-electron chi connectivity index (χ4n) is 1.54. The van der Waals surface area contributed by atoms with Gasteiger partial charge in [-0.25, -0.2) is 8.42 Å². The van der Waals surface area contributed by atoms with Crippen molar-refractivity contribution in [1.82, 2.24) is 0 Å². The van der Waals surface area contributed by atoms with Crippen molar-refractivity contribution in [2.45, 2.75) is 24.3 Å². The van der Waals surface area contributed by atoms with E-state index in [4.69, 9.17) is 0 Å². The summed E-state index contributed by atoms with van der Waals surface area (Å²) in [6.07, 6.45) is 2.42. The van der Waals surface area contributed by atoms with Crippen LogP contribution in [0.25, 0.3) is 0 Å². The Morgan fingerprint density at radius 2 is 1.80 bits per heavy atom. The number of nitrogens with one attached hydrogen (secondary N) is 1.